The number of hydrogen-bond donors (Lipinski definition) is 1. The molecule has 2 amide bonds. The Labute approximate surface area is 244 Å². The van der Waals surface area contributed by atoms with Gasteiger partial charge in [0.25, 0.3) is 0 Å². The molecule has 3 aromatic rings. The minimum Gasteiger partial charge on any atom is -0.497 e. The Bertz CT molecular complexity index is 1390. The SMILES string of the molecule is COc1cccc(CN(C(=O)CCCN(C)S(=O)(=O)c2ccccc2)[C@H](Cc2ccccc2)C(=O)NC(C)(C)C)c1. The van der Waals surface area contributed by atoms with Crippen LogP contribution in [-0.2, 0) is 32.6 Å². The van der Waals surface area contributed by atoms with Gasteiger partial charge in [-0.15, -0.1) is 0 Å². The highest BCUT2D eigenvalue weighted by Crippen LogP contribution is 2.21. The molecule has 220 valence electrons. The van der Waals surface area contributed by atoms with E-state index in [1.54, 1.807) is 42.3 Å². The smallest absolute Gasteiger partial charge is 0.243 e. The minimum absolute atomic E-state index is 0.0761. The fourth-order valence-electron chi connectivity index (χ4n) is 4.46. The van der Waals surface area contributed by atoms with Crippen molar-refractivity contribution < 1.29 is 22.7 Å². The van der Waals surface area contributed by atoms with Crippen LogP contribution in [0.15, 0.2) is 89.8 Å². The lowest BCUT2D eigenvalue weighted by molar-refractivity contribution is -0.142. The zero-order chi connectivity index (χ0) is 30.0. The molecule has 1 N–H and O–H groups in total. The summed E-state index contributed by atoms with van der Waals surface area (Å²) in [6.45, 7) is 6.07. The van der Waals surface area contributed by atoms with Crippen LogP contribution in [0.25, 0.3) is 0 Å². The van der Waals surface area contributed by atoms with Gasteiger partial charge in [0.05, 0.1) is 12.0 Å². The van der Waals surface area contributed by atoms with E-state index in [0.29, 0.717) is 18.6 Å². The van der Waals surface area contributed by atoms with Crippen molar-refractivity contribution in [3.05, 3.63) is 96.1 Å². The van der Waals surface area contributed by atoms with Crippen LogP contribution in [0.4, 0.5) is 0 Å². The standard InChI is InChI=1S/C32H41N3O5S/c1-32(2,3)33-31(37)29(23-25-14-8-6-9-15-25)35(24-26-16-12-17-27(22-26)40-5)30(36)20-13-21-34(4)41(38,39)28-18-10-7-11-19-28/h6-12,14-19,22,29H,13,20-21,23-24H2,1-5H3,(H,33,37)/t29-/m1/s1. The molecule has 0 fully saturated rings. The number of methoxy groups -OCH3 is 1. The third kappa shape index (κ3) is 9.43. The Morgan fingerprint density at radius 1 is 0.902 bits per heavy atom. The third-order valence-corrected chi connectivity index (χ3v) is 8.44. The average molecular weight is 580 g/mol. The van der Waals surface area contributed by atoms with Crippen molar-refractivity contribution in [2.45, 2.75) is 63.1 Å². The maximum atomic E-state index is 13.9. The van der Waals surface area contributed by atoms with Gasteiger partial charge in [0.2, 0.25) is 21.8 Å². The third-order valence-electron chi connectivity index (χ3n) is 6.57. The highest BCUT2D eigenvalue weighted by molar-refractivity contribution is 7.89. The predicted octanol–water partition coefficient (Wildman–Crippen LogP) is 4.65. The number of carbonyl (C=O) groups is 2. The Kier molecular flexibility index (Phi) is 11.1. The molecule has 0 saturated carbocycles. The molecular weight excluding hydrogens is 538 g/mol. The second-order valence-electron chi connectivity index (χ2n) is 11.1. The molecule has 9 heteroatoms. The van der Waals surface area contributed by atoms with Crippen molar-refractivity contribution in [1.29, 1.82) is 0 Å². The van der Waals surface area contributed by atoms with Gasteiger partial charge >= 0.3 is 0 Å². The van der Waals surface area contributed by atoms with Crippen molar-refractivity contribution >= 4 is 21.8 Å². The molecule has 0 saturated heterocycles. The first kappa shape index (κ1) is 31.8. The molecule has 1 atom stereocenters. The van der Waals surface area contributed by atoms with Gasteiger partial charge in [-0.25, -0.2) is 12.7 Å². The summed E-state index contributed by atoms with van der Waals surface area (Å²) in [5, 5.41) is 3.05. The van der Waals surface area contributed by atoms with Crippen LogP contribution in [0.5, 0.6) is 5.75 Å². The first-order chi connectivity index (χ1) is 19.4. The zero-order valence-corrected chi connectivity index (χ0v) is 25.4. The van der Waals surface area contributed by atoms with Crippen LogP contribution in [0.3, 0.4) is 0 Å². The summed E-state index contributed by atoms with van der Waals surface area (Å²) in [6, 6.07) is 24.5. The number of nitrogens with one attached hydrogen (secondary N) is 1. The van der Waals surface area contributed by atoms with E-state index in [9.17, 15) is 18.0 Å². The highest BCUT2D eigenvalue weighted by Gasteiger charge is 2.32. The first-order valence-electron chi connectivity index (χ1n) is 13.7. The highest BCUT2D eigenvalue weighted by atomic mass is 32.2. The summed E-state index contributed by atoms with van der Waals surface area (Å²) < 4.78 is 32.5. The summed E-state index contributed by atoms with van der Waals surface area (Å²) in [5.74, 6) is 0.172. The maximum Gasteiger partial charge on any atom is 0.243 e. The number of sulfonamides is 1. The predicted molar refractivity (Wildman–Crippen MR) is 161 cm³/mol. The number of nitrogens with zero attached hydrogens (tertiary/aromatic N) is 2. The van der Waals surface area contributed by atoms with Crippen molar-refractivity contribution in [3.8, 4) is 5.75 Å². The summed E-state index contributed by atoms with van der Waals surface area (Å²) in [7, 11) is -0.584. The summed E-state index contributed by atoms with van der Waals surface area (Å²) >= 11 is 0. The van der Waals surface area contributed by atoms with Crippen molar-refractivity contribution in [1.82, 2.24) is 14.5 Å². The van der Waals surface area contributed by atoms with E-state index in [1.807, 2.05) is 75.4 Å². The van der Waals surface area contributed by atoms with E-state index in [2.05, 4.69) is 5.32 Å². The van der Waals surface area contributed by atoms with Gasteiger partial charge in [-0.3, -0.25) is 9.59 Å². The number of amides is 2. The molecule has 0 aliphatic heterocycles. The molecule has 0 aromatic heterocycles. The zero-order valence-electron chi connectivity index (χ0n) is 24.5. The lowest BCUT2D eigenvalue weighted by atomic mass is 10.00. The molecule has 8 nitrogen and oxygen atoms in total. The molecule has 0 aliphatic carbocycles. The van der Waals surface area contributed by atoms with E-state index >= 15 is 0 Å². The molecule has 41 heavy (non-hydrogen) atoms. The quantitative estimate of drug-likeness (QED) is 0.318. The Morgan fingerprint density at radius 3 is 2.12 bits per heavy atom. The van der Waals surface area contributed by atoms with Gasteiger partial charge in [-0.2, -0.15) is 0 Å². The van der Waals surface area contributed by atoms with Crippen molar-refractivity contribution in [2.75, 3.05) is 20.7 Å². The lowest BCUT2D eigenvalue weighted by Gasteiger charge is -2.34. The normalized spacial score (nSPS) is 12.5. The number of carbonyl (C=O) groups excluding carboxylic acids is 2. The number of rotatable bonds is 13. The Balaban J connectivity index is 1.86. The fourth-order valence-corrected chi connectivity index (χ4v) is 5.69. The van der Waals surface area contributed by atoms with Gasteiger partial charge in [-0.1, -0.05) is 60.7 Å². The number of benzene rings is 3. The van der Waals surface area contributed by atoms with Gasteiger partial charge in [0, 0.05) is 38.5 Å². The van der Waals surface area contributed by atoms with Crippen LogP contribution >= 0.6 is 0 Å². The number of ether oxygens (including phenoxy) is 1. The molecule has 0 spiro atoms. The monoisotopic (exact) mass is 579 g/mol. The topological polar surface area (TPSA) is 96.0 Å². The molecular formula is C32H41N3O5S. The fraction of sp³-hybridized carbons (Fsp3) is 0.375. The van der Waals surface area contributed by atoms with Crippen LogP contribution < -0.4 is 10.1 Å². The summed E-state index contributed by atoms with van der Waals surface area (Å²) in [5.41, 5.74) is 1.26. The van der Waals surface area contributed by atoms with Crippen molar-refractivity contribution in [3.63, 3.8) is 0 Å². The van der Waals surface area contributed by atoms with Crippen molar-refractivity contribution in [2.24, 2.45) is 0 Å². The summed E-state index contributed by atoms with van der Waals surface area (Å²) in [4.78, 5) is 29.3. The molecule has 0 heterocycles. The molecule has 0 radical (unpaired) electrons. The van der Waals surface area contributed by atoms with Crippen LogP contribution in [0.2, 0.25) is 0 Å². The maximum absolute atomic E-state index is 13.9. The van der Waals surface area contributed by atoms with Crippen LogP contribution in [-0.4, -0.2) is 61.7 Å². The van der Waals surface area contributed by atoms with E-state index in [-0.39, 0.29) is 36.2 Å². The Hall–Kier alpha value is -3.69. The average Bonchev–Trinajstić information content (AvgIpc) is 2.94. The Morgan fingerprint density at radius 2 is 1.51 bits per heavy atom. The molecule has 3 aromatic carbocycles. The number of hydrogen-bond acceptors (Lipinski definition) is 5. The molecule has 3 rings (SSSR count). The van der Waals surface area contributed by atoms with E-state index < -0.39 is 21.6 Å². The van der Waals surface area contributed by atoms with Gasteiger partial charge in [-0.05, 0) is 62.6 Å². The molecule has 0 bridgehead atoms. The summed E-state index contributed by atoms with van der Waals surface area (Å²) in [6.07, 6.45) is 0.711. The lowest BCUT2D eigenvalue weighted by Crippen LogP contribution is -2.54. The minimum atomic E-state index is -3.67. The van der Waals surface area contributed by atoms with E-state index in [4.69, 9.17) is 4.74 Å². The van der Waals surface area contributed by atoms with Crippen LogP contribution in [0.1, 0.15) is 44.7 Å². The second kappa shape index (κ2) is 14.3. The van der Waals surface area contributed by atoms with E-state index in [1.165, 1.54) is 11.4 Å². The van der Waals surface area contributed by atoms with Gasteiger partial charge in [0.15, 0.2) is 0 Å². The largest absolute Gasteiger partial charge is 0.497 e. The van der Waals surface area contributed by atoms with Crippen LogP contribution in [0, 0.1) is 0 Å². The first-order valence-corrected chi connectivity index (χ1v) is 15.1. The van der Waals surface area contributed by atoms with Gasteiger partial charge in [0.1, 0.15) is 11.8 Å². The molecule has 0 unspecified atom stereocenters. The van der Waals surface area contributed by atoms with E-state index in [0.717, 1.165) is 11.1 Å². The van der Waals surface area contributed by atoms with Gasteiger partial charge < -0.3 is 15.0 Å². The second-order valence-corrected chi connectivity index (χ2v) is 13.1. The molecule has 0 aliphatic rings.